The molecule has 2 N–H and O–H groups in total. The van der Waals surface area contributed by atoms with Crippen LogP contribution in [0.3, 0.4) is 0 Å². The Bertz CT molecular complexity index is 839. The molecule has 0 bridgehead atoms. The summed E-state index contributed by atoms with van der Waals surface area (Å²) in [6.45, 7) is 3.64. The Kier molecular flexibility index (Phi) is 5.19. The summed E-state index contributed by atoms with van der Waals surface area (Å²) in [6.07, 6.45) is 1.79. The first-order valence-electron chi connectivity index (χ1n) is 7.93. The fourth-order valence-corrected chi connectivity index (χ4v) is 4.97. The molecular weight excluding hydrogens is 348 g/mol. The standard InChI is InChI=1S/C16H20N2O4S2/c1-2-22-16(19)15-9-11-8-13(5-6-14(11)23-15)24(20,21)18-12-4-3-7-17-10-12/h5-6,8-9,12,17-18H,2-4,7,10H2,1H3. The van der Waals surface area contributed by atoms with Crippen LogP contribution in [0.15, 0.2) is 29.2 Å². The first-order valence-corrected chi connectivity index (χ1v) is 10.2. The van der Waals surface area contributed by atoms with Gasteiger partial charge in [-0.25, -0.2) is 17.9 Å². The van der Waals surface area contributed by atoms with E-state index in [4.69, 9.17) is 4.74 Å². The molecule has 0 radical (unpaired) electrons. The summed E-state index contributed by atoms with van der Waals surface area (Å²) in [5, 5.41) is 3.92. The number of ether oxygens (including phenoxy) is 1. The molecule has 0 spiro atoms. The van der Waals surface area contributed by atoms with Crippen LogP contribution < -0.4 is 10.0 Å². The highest BCUT2D eigenvalue weighted by atomic mass is 32.2. The molecule has 3 rings (SSSR count). The van der Waals surface area contributed by atoms with Gasteiger partial charge in [0, 0.05) is 17.3 Å². The van der Waals surface area contributed by atoms with E-state index in [2.05, 4.69) is 10.0 Å². The van der Waals surface area contributed by atoms with Crippen LogP contribution in [0.1, 0.15) is 29.4 Å². The summed E-state index contributed by atoms with van der Waals surface area (Å²) < 4.78 is 33.7. The van der Waals surface area contributed by atoms with Crippen LogP contribution >= 0.6 is 11.3 Å². The minimum Gasteiger partial charge on any atom is -0.462 e. The van der Waals surface area contributed by atoms with Gasteiger partial charge in [0.1, 0.15) is 4.88 Å². The number of carbonyl (C=O) groups excluding carboxylic acids is 1. The summed E-state index contributed by atoms with van der Waals surface area (Å²) in [7, 11) is -3.57. The van der Waals surface area contributed by atoms with Crippen molar-refractivity contribution in [3.8, 4) is 0 Å². The Balaban J connectivity index is 1.85. The fraction of sp³-hybridized carbons (Fsp3) is 0.438. The number of sulfonamides is 1. The van der Waals surface area contributed by atoms with Crippen LogP contribution in [0.4, 0.5) is 0 Å². The largest absolute Gasteiger partial charge is 0.462 e. The van der Waals surface area contributed by atoms with Crippen molar-refractivity contribution in [2.75, 3.05) is 19.7 Å². The van der Waals surface area contributed by atoms with Crippen LogP contribution in [0, 0.1) is 0 Å². The summed E-state index contributed by atoms with van der Waals surface area (Å²) in [5.41, 5.74) is 0. The Morgan fingerprint density at radius 3 is 2.96 bits per heavy atom. The molecule has 0 amide bonds. The van der Waals surface area contributed by atoms with E-state index in [1.807, 2.05) is 0 Å². The normalized spacial score (nSPS) is 18.6. The Hall–Kier alpha value is -1.48. The van der Waals surface area contributed by atoms with Gasteiger partial charge in [-0.2, -0.15) is 0 Å². The zero-order valence-corrected chi connectivity index (χ0v) is 15.0. The van der Waals surface area contributed by atoms with Crippen molar-refractivity contribution < 1.29 is 17.9 Å². The summed E-state index contributed by atoms with van der Waals surface area (Å²) in [5.74, 6) is -0.380. The number of rotatable bonds is 5. The average Bonchev–Trinajstić information content (AvgIpc) is 2.99. The highest BCUT2D eigenvalue weighted by molar-refractivity contribution is 7.89. The van der Waals surface area contributed by atoms with Crippen LogP contribution in [0.25, 0.3) is 10.1 Å². The molecule has 2 heterocycles. The van der Waals surface area contributed by atoms with Crippen molar-refractivity contribution in [1.82, 2.24) is 10.0 Å². The molecule has 24 heavy (non-hydrogen) atoms. The van der Waals surface area contributed by atoms with Crippen LogP contribution in [0.2, 0.25) is 0 Å². The lowest BCUT2D eigenvalue weighted by molar-refractivity contribution is 0.0532. The van der Waals surface area contributed by atoms with Crippen molar-refractivity contribution in [3.63, 3.8) is 0 Å². The first-order chi connectivity index (χ1) is 11.5. The number of nitrogens with one attached hydrogen (secondary N) is 2. The highest BCUT2D eigenvalue weighted by Crippen LogP contribution is 2.28. The molecule has 6 nitrogen and oxygen atoms in total. The van der Waals surface area contributed by atoms with E-state index >= 15 is 0 Å². The molecule has 8 heteroatoms. The molecule has 0 saturated carbocycles. The second-order valence-corrected chi connectivity index (χ2v) is 8.49. The van der Waals surface area contributed by atoms with E-state index in [1.165, 1.54) is 11.3 Å². The van der Waals surface area contributed by atoms with Crippen molar-refractivity contribution >= 4 is 37.4 Å². The predicted octanol–water partition coefficient (Wildman–Crippen LogP) is 2.11. The molecule has 2 aromatic rings. The topological polar surface area (TPSA) is 84.5 Å². The van der Waals surface area contributed by atoms with Gasteiger partial charge < -0.3 is 10.1 Å². The lowest BCUT2D eigenvalue weighted by atomic mass is 10.1. The van der Waals surface area contributed by atoms with E-state index in [0.29, 0.717) is 18.0 Å². The molecule has 1 unspecified atom stereocenters. The second kappa shape index (κ2) is 7.18. The zero-order valence-electron chi connectivity index (χ0n) is 13.4. The Labute approximate surface area is 145 Å². The summed E-state index contributed by atoms with van der Waals surface area (Å²) >= 11 is 1.30. The number of thiophene rings is 1. The molecule has 1 fully saturated rings. The first kappa shape index (κ1) is 17.3. The summed E-state index contributed by atoms with van der Waals surface area (Å²) in [6, 6.07) is 6.51. The molecule has 130 valence electrons. The third-order valence-electron chi connectivity index (χ3n) is 3.89. The smallest absolute Gasteiger partial charge is 0.348 e. The monoisotopic (exact) mass is 368 g/mol. The molecule has 1 saturated heterocycles. The Morgan fingerprint density at radius 2 is 2.25 bits per heavy atom. The predicted molar refractivity (Wildman–Crippen MR) is 94.0 cm³/mol. The molecule has 1 aromatic heterocycles. The van der Waals surface area contributed by atoms with Gasteiger partial charge in [-0.15, -0.1) is 11.3 Å². The van der Waals surface area contributed by atoms with Gasteiger partial charge >= 0.3 is 5.97 Å². The Morgan fingerprint density at radius 1 is 1.42 bits per heavy atom. The molecule has 1 aromatic carbocycles. The highest BCUT2D eigenvalue weighted by Gasteiger charge is 2.22. The number of piperidine rings is 1. The minimum atomic E-state index is -3.57. The average molecular weight is 368 g/mol. The zero-order chi connectivity index (χ0) is 17.2. The van der Waals surface area contributed by atoms with Gasteiger partial charge in [0.2, 0.25) is 10.0 Å². The van der Waals surface area contributed by atoms with Gasteiger partial charge in [0.25, 0.3) is 0 Å². The fourth-order valence-electron chi connectivity index (χ4n) is 2.73. The van der Waals surface area contributed by atoms with Crippen LogP contribution in [0.5, 0.6) is 0 Å². The maximum Gasteiger partial charge on any atom is 0.348 e. The quantitative estimate of drug-likeness (QED) is 0.790. The second-order valence-electron chi connectivity index (χ2n) is 5.70. The van der Waals surface area contributed by atoms with E-state index in [9.17, 15) is 13.2 Å². The van der Waals surface area contributed by atoms with Crippen molar-refractivity contribution in [2.45, 2.75) is 30.7 Å². The molecule has 1 aliphatic rings. The lowest BCUT2D eigenvalue weighted by Crippen LogP contribution is -2.45. The number of hydrogen-bond acceptors (Lipinski definition) is 6. The molecular formula is C16H20N2O4S2. The molecule has 1 atom stereocenters. The molecule has 1 aliphatic heterocycles. The van der Waals surface area contributed by atoms with Crippen LogP contribution in [-0.4, -0.2) is 40.1 Å². The maximum atomic E-state index is 12.6. The van der Waals surface area contributed by atoms with Crippen LogP contribution in [-0.2, 0) is 14.8 Å². The number of esters is 1. The number of fused-ring (bicyclic) bond motifs is 1. The van der Waals surface area contributed by atoms with E-state index in [-0.39, 0.29) is 16.9 Å². The lowest BCUT2D eigenvalue weighted by Gasteiger charge is -2.23. The number of carbonyl (C=O) groups is 1. The third-order valence-corrected chi connectivity index (χ3v) is 6.51. The maximum absolute atomic E-state index is 12.6. The van der Waals surface area contributed by atoms with Crippen molar-refractivity contribution in [3.05, 3.63) is 29.1 Å². The van der Waals surface area contributed by atoms with Crippen molar-refractivity contribution in [2.24, 2.45) is 0 Å². The minimum absolute atomic E-state index is 0.0861. The van der Waals surface area contributed by atoms with Gasteiger partial charge in [-0.05, 0) is 56.0 Å². The van der Waals surface area contributed by atoms with E-state index in [1.54, 1.807) is 31.2 Å². The summed E-state index contributed by atoms with van der Waals surface area (Å²) in [4.78, 5) is 12.5. The number of benzene rings is 1. The molecule has 0 aliphatic carbocycles. The SMILES string of the molecule is CCOC(=O)c1cc2cc(S(=O)(=O)NC3CCCNC3)ccc2s1. The van der Waals surface area contributed by atoms with E-state index in [0.717, 1.165) is 29.5 Å². The van der Waals surface area contributed by atoms with Gasteiger partial charge in [-0.3, -0.25) is 0 Å². The van der Waals surface area contributed by atoms with Crippen molar-refractivity contribution in [1.29, 1.82) is 0 Å². The van der Waals surface area contributed by atoms with Gasteiger partial charge in [0.15, 0.2) is 0 Å². The number of hydrogen-bond donors (Lipinski definition) is 2. The third kappa shape index (κ3) is 3.77. The van der Waals surface area contributed by atoms with Gasteiger partial charge in [-0.1, -0.05) is 0 Å². The van der Waals surface area contributed by atoms with E-state index < -0.39 is 10.0 Å². The van der Waals surface area contributed by atoms with Gasteiger partial charge in [0.05, 0.1) is 11.5 Å².